The first-order valence-corrected chi connectivity index (χ1v) is 4.30. The molecule has 1 aromatic heterocycles. The molecule has 90 valence electrons. The highest BCUT2D eigenvalue weighted by Gasteiger charge is 2.36. The summed E-state index contributed by atoms with van der Waals surface area (Å²) < 4.78 is 61.8. The summed E-state index contributed by atoms with van der Waals surface area (Å²) in [5.74, 6) is 0. The van der Waals surface area contributed by atoms with Crippen molar-refractivity contribution in [2.24, 2.45) is 0 Å². The second kappa shape index (κ2) is 4.50. The minimum atomic E-state index is -4.86. The van der Waals surface area contributed by atoms with Gasteiger partial charge in [0.1, 0.15) is 0 Å². The van der Waals surface area contributed by atoms with Crippen molar-refractivity contribution in [2.75, 3.05) is 0 Å². The molecule has 0 spiro atoms. The molecule has 8 heteroatoms. The second-order valence-corrected chi connectivity index (χ2v) is 3.18. The van der Waals surface area contributed by atoms with Crippen molar-refractivity contribution in [3.05, 3.63) is 28.0 Å². The van der Waals surface area contributed by atoms with E-state index in [1.807, 2.05) is 0 Å². The van der Waals surface area contributed by atoms with E-state index in [1.165, 1.54) is 0 Å². The van der Waals surface area contributed by atoms with Gasteiger partial charge in [-0.15, -0.1) is 0 Å². The van der Waals surface area contributed by atoms with E-state index in [-0.39, 0.29) is 0 Å². The van der Waals surface area contributed by atoms with Crippen LogP contribution in [-0.2, 0) is 12.8 Å². The van der Waals surface area contributed by atoms with Crippen LogP contribution in [0.2, 0.25) is 5.02 Å². The number of hydrogen-bond donors (Lipinski definition) is 1. The minimum Gasteiger partial charge on any atom is -0.390 e. The maximum Gasteiger partial charge on any atom is 0.419 e. The van der Waals surface area contributed by atoms with Crippen LogP contribution in [0.15, 0.2) is 6.20 Å². The van der Waals surface area contributed by atoms with Gasteiger partial charge in [0, 0.05) is 6.20 Å². The number of hydrogen-bond acceptors (Lipinski definition) is 2. The summed E-state index contributed by atoms with van der Waals surface area (Å²) >= 11 is 5.22. The highest BCUT2D eigenvalue weighted by molar-refractivity contribution is 6.32. The Labute approximate surface area is 91.7 Å². The van der Waals surface area contributed by atoms with E-state index in [4.69, 9.17) is 16.7 Å². The standard InChI is InChI=1S/C8H5ClF5NO/c9-6-3(8(12,13)14)1-15-4(2-16)5(6)7(10)11/h1,7,16H,2H2. The zero-order valence-corrected chi connectivity index (χ0v) is 8.28. The third-order valence-corrected chi connectivity index (χ3v) is 2.21. The molecular formula is C8H5ClF5NO. The van der Waals surface area contributed by atoms with Crippen LogP contribution in [0.25, 0.3) is 0 Å². The third-order valence-electron chi connectivity index (χ3n) is 1.81. The van der Waals surface area contributed by atoms with Crippen molar-refractivity contribution in [3.8, 4) is 0 Å². The van der Waals surface area contributed by atoms with Gasteiger partial charge in [0.15, 0.2) is 0 Å². The topological polar surface area (TPSA) is 33.1 Å². The average Bonchev–Trinajstić information content (AvgIpc) is 2.14. The van der Waals surface area contributed by atoms with E-state index in [0.717, 1.165) is 0 Å². The average molecular weight is 262 g/mol. The van der Waals surface area contributed by atoms with E-state index in [1.54, 1.807) is 0 Å². The molecule has 2 nitrogen and oxygen atoms in total. The Morgan fingerprint density at radius 3 is 2.31 bits per heavy atom. The molecule has 1 rings (SSSR count). The Morgan fingerprint density at radius 1 is 1.38 bits per heavy atom. The molecule has 1 N–H and O–H groups in total. The van der Waals surface area contributed by atoms with Crippen LogP contribution in [0.1, 0.15) is 23.2 Å². The first-order valence-electron chi connectivity index (χ1n) is 3.92. The molecule has 0 saturated carbocycles. The molecule has 0 radical (unpaired) electrons. The van der Waals surface area contributed by atoms with Gasteiger partial charge in [0.25, 0.3) is 6.43 Å². The quantitative estimate of drug-likeness (QED) is 0.830. The van der Waals surface area contributed by atoms with Crippen LogP contribution in [0.5, 0.6) is 0 Å². The van der Waals surface area contributed by atoms with Crippen LogP contribution >= 0.6 is 11.6 Å². The maximum atomic E-state index is 12.4. The van der Waals surface area contributed by atoms with E-state index in [2.05, 4.69) is 4.98 Å². The maximum absolute atomic E-state index is 12.4. The zero-order chi connectivity index (χ0) is 12.5. The van der Waals surface area contributed by atoms with E-state index in [0.29, 0.717) is 6.20 Å². The summed E-state index contributed by atoms with van der Waals surface area (Å²) in [7, 11) is 0. The van der Waals surface area contributed by atoms with Crippen molar-refractivity contribution in [3.63, 3.8) is 0 Å². The van der Waals surface area contributed by atoms with Gasteiger partial charge in [-0.1, -0.05) is 11.6 Å². The number of pyridine rings is 1. The van der Waals surface area contributed by atoms with Crippen LogP contribution in [0.3, 0.4) is 0 Å². The van der Waals surface area contributed by atoms with E-state index in [9.17, 15) is 22.0 Å². The fourth-order valence-electron chi connectivity index (χ4n) is 1.09. The van der Waals surface area contributed by atoms with Gasteiger partial charge in [-0.05, 0) is 0 Å². The lowest BCUT2D eigenvalue weighted by Gasteiger charge is -2.13. The van der Waals surface area contributed by atoms with Gasteiger partial charge in [0.05, 0.1) is 28.5 Å². The summed E-state index contributed by atoms with van der Waals surface area (Å²) in [6.45, 7) is -0.905. The molecule has 1 heterocycles. The molecule has 0 fully saturated rings. The summed E-state index contributed by atoms with van der Waals surface area (Å²) in [6.07, 6.45) is -7.77. The number of halogens is 6. The predicted octanol–water partition coefficient (Wildman–Crippen LogP) is 3.18. The Balaban J connectivity index is 3.44. The first-order chi connectivity index (χ1) is 7.29. The normalized spacial score (nSPS) is 12.2. The smallest absolute Gasteiger partial charge is 0.390 e. The molecule has 0 aliphatic carbocycles. The number of nitrogens with zero attached hydrogens (tertiary/aromatic N) is 1. The summed E-state index contributed by atoms with van der Waals surface area (Å²) in [4.78, 5) is 3.11. The lowest BCUT2D eigenvalue weighted by molar-refractivity contribution is -0.137. The molecular weight excluding hydrogens is 257 g/mol. The summed E-state index contributed by atoms with van der Waals surface area (Å²) in [5, 5.41) is 7.53. The SMILES string of the molecule is OCc1ncc(C(F)(F)F)c(Cl)c1C(F)F. The van der Waals surface area contributed by atoms with Crippen molar-refractivity contribution in [1.82, 2.24) is 4.98 Å². The van der Waals surface area contributed by atoms with Crippen molar-refractivity contribution >= 4 is 11.6 Å². The Hall–Kier alpha value is -0.950. The molecule has 0 atom stereocenters. The fourth-order valence-corrected chi connectivity index (χ4v) is 1.43. The molecule has 16 heavy (non-hydrogen) atoms. The largest absolute Gasteiger partial charge is 0.419 e. The lowest BCUT2D eigenvalue weighted by Crippen LogP contribution is -2.11. The molecule has 0 amide bonds. The monoisotopic (exact) mass is 261 g/mol. The highest BCUT2D eigenvalue weighted by Crippen LogP contribution is 2.39. The van der Waals surface area contributed by atoms with Crippen molar-refractivity contribution in [1.29, 1.82) is 0 Å². The number of aliphatic hydroxyl groups excluding tert-OH is 1. The van der Waals surface area contributed by atoms with Gasteiger partial charge in [-0.25, -0.2) is 8.78 Å². The van der Waals surface area contributed by atoms with E-state index < -0.39 is 41.1 Å². The second-order valence-electron chi connectivity index (χ2n) is 2.80. The molecule has 1 aromatic rings. The summed E-state index contributed by atoms with van der Waals surface area (Å²) in [6, 6.07) is 0. The fraction of sp³-hybridized carbons (Fsp3) is 0.375. The molecule has 0 saturated heterocycles. The lowest BCUT2D eigenvalue weighted by atomic mass is 10.1. The van der Waals surface area contributed by atoms with E-state index >= 15 is 0 Å². The summed E-state index contributed by atoms with van der Waals surface area (Å²) in [5.41, 5.74) is -3.09. The Bertz CT molecular complexity index is 393. The Kier molecular flexibility index (Phi) is 3.69. The van der Waals surface area contributed by atoms with Gasteiger partial charge in [-0.2, -0.15) is 13.2 Å². The minimum absolute atomic E-state index is 0.319. The van der Waals surface area contributed by atoms with Crippen LogP contribution in [0, 0.1) is 0 Å². The van der Waals surface area contributed by atoms with Crippen molar-refractivity contribution in [2.45, 2.75) is 19.2 Å². The zero-order valence-electron chi connectivity index (χ0n) is 7.52. The van der Waals surface area contributed by atoms with Crippen LogP contribution in [0.4, 0.5) is 22.0 Å². The Morgan fingerprint density at radius 2 is 1.94 bits per heavy atom. The number of alkyl halides is 5. The first kappa shape index (κ1) is 13.1. The molecule has 0 aromatic carbocycles. The molecule has 0 aliphatic rings. The van der Waals surface area contributed by atoms with Crippen LogP contribution in [-0.4, -0.2) is 10.1 Å². The van der Waals surface area contributed by atoms with Crippen molar-refractivity contribution < 1.29 is 27.1 Å². The predicted molar refractivity (Wildman–Crippen MR) is 45.1 cm³/mol. The van der Waals surface area contributed by atoms with Gasteiger partial charge in [0.2, 0.25) is 0 Å². The van der Waals surface area contributed by atoms with Gasteiger partial charge < -0.3 is 5.11 Å². The molecule has 0 bridgehead atoms. The molecule has 0 aliphatic heterocycles. The number of rotatable bonds is 2. The van der Waals surface area contributed by atoms with Gasteiger partial charge >= 0.3 is 6.18 Å². The molecule has 0 unspecified atom stereocenters. The highest BCUT2D eigenvalue weighted by atomic mass is 35.5. The van der Waals surface area contributed by atoms with Crippen LogP contribution < -0.4 is 0 Å². The van der Waals surface area contributed by atoms with Gasteiger partial charge in [-0.3, -0.25) is 4.98 Å². The third kappa shape index (κ3) is 2.41. The number of aliphatic hydroxyl groups is 1. The number of aromatic nitrogens is 1.